The van der Waals surface area contributed by atoms with E-state index in [2.05, 4.69) is 12.1 Å². The van der Waals surface area contributed by atoms with Crippen LogP contribution in [0.2, 0.25) is 0 Å². The van der Waals surface area contributed by atoms with Gasteiger partial charge in [0.2, 0.25) is 0 Å². The van der Waals surface area contributed by atoms with E-state index in [9.17, 15) is 9.59 Å². The molecule has 1 aromatic heterocycles. The molecule has 1 rings (SSSR count). The topological polar surface area (TPSA) is 108 Å². The van der Waals surface area contributed by atoms with Crippen molar-refractivity contribution in [3.05, 3.63) is 41.8 Å². The Morgan fingerprint density at radius 2 is 2.08 bits per heavy atom. The SMILES string of the molecule is CCCCOCC/C=C/C=C/CN(C)C(=O)OCc1cc(C(N)=O)no1. The number of nitrogens with two attached hydrogens (primary N) is 1. The van der Waals surface area contributed by atoms with Crippen molar-refractivity contribution in [1.29, 1.82) is 0 Å². The van der Waals surface area contributed by atoms with Gasteiger partial charge in [0.15, 0.2) is 18.1 Å². The van der Waals surface area contributed by atoms with Crippen molar-refractivity contribution in [2.24, 2.45) is 5.73 Å². The summed E-state index contributed by atoms with van der Waals surface area (Å²) in [7, 11) is 1.62. The van der Waals surface area contributed by atoms with Gasteiger partial charge in [-0.05, 0) is 12.8 Å². The van der Waals surface area contributed by atoms with Crippen LogP contribution in [0.5, 0.6) is 0 Å². The van der Waals surface area contributed by atoms with E-state index in [1.165, 1.54) is 11.0 Å². The largest absolute Gasteiger partial charge is 0.441 e. The van der Waals surface area contributed by atoms with Crippen molar-refractivity contribution >= 4 is 12.0 Å². The molecule has 26 heavy (non-hydrogen) atoms. The molecule has 2 N–H and O–H groups in total. The summed E-state index contributed by atoms with van der Waals surface area (Å²) < 4.78 is 15.3. The monoisotopic (exact) mass is 365 g/mol. The number of amides is 2. The molecule has 0 spiro atoms. The smallest absolute Gasteiger partial charge is 0.410 e. The van der Waals surface area contributed by atoms with Gasteiger partial charge in [0.05, 0.1) is 6.61 Å². The van der Waals surface area contributed by atoms with Crippen molar-refractivity contribution in [3.8, 4) is 0 Å². The molecule has 0 saturated heterocycles. The first-order valence-electron chi connectivity index (χ1n) is 8.57. The maximum Gasteiger partial charge on any atom is 0.410 e. The Kier molecular flexibility index (Phi) is 10.5. The Bertz CT molecular complexity index is 610. The number of aromatic nitrogens is 1. The fraction of sp³-hybridized carbons (Fsp3) is 0.500. The molecule has 0 saturated carbocycles. The highest BCUT2D eigenvalue weighted by Gasteiger charge is 2.13. The van der Waals surface area contributed by atoms with Crippen molar-refractivity contribution in [3.63, 3.8) is 0 Å². The van der Waals surface area contributed by atoms with Gasteiger partial charge in [0.25, 0.3) is 5.91 Å². The van der Waals surface area contributed by atoms with Gasteiger partial charge in [-0.15, -0.1) is 0 Å². The number of rotatable bonds is 12. The Morgan fingerprint density at radius 1 is 1.31 bits per heavy atom. The van der Waals surface area contributed by atoms with Gasteiger partial charge in [0.1, 0.15) is 0 Å². The van der Waals surface area contributed by atoms with Crippen LogP contribution in [-0.2, 0) is 16.1 Å². The second-order valence-electron chi connectivity index (χ2n) is 5.59. The summed E-state index contributed by atoms with van der Waals surface area (Å²) in [5, 5.41) is 3.46. The minimum atomic E-state index is -0.700. The summed E-state index contributed by atoms with van der Waals surface area (Å²) in [6.07, 6.45) is 10.2. The Morgan fingerprint density at radius 3 is 2.77 bits per heavy atom. The molecule has 144 valence electrons. The first-order valence-corrected chi connectivity index (χ1v) is 8.57. The summed E-state index contributed by atoms with van der Waals surface area (Å²) in [6.45, 7) is 3.94. The van der Waals surface area contributed by atoms with Gasteiger partial charge in [-0.3, -0.25) is 4.79 Å². The lowest BCUT2D eigenvalue weighted by Gasteiger charge is -2.13. The van der Waals surface area contributed by atoms with Gasteiger partial charge in [0, 0.05) is 26.3 Å². The van der Waals surface area contributed by atoms with Crippen LogP contribution in [0, 0.1) is 0 Å². The van der Waals surface area contributed by atoms with Gasteiger partial charge in [-0.25, -0.2) is 4.79 Å². The number of unbranched alkanes of at least 4 members (excludes halogenated alkanes) is 1. The highest BCUT2D eigenvalue weighted by atomic mass is 16.6. The van der Waals surface area contributed by atoms with E-state index in [1.807, 2.05) is 24.3 Å². The molecule has 2 amide bonds. The number of hydrogen-bond acceptors (Lipinski definition) is 6. The molecule has 8 heteroatoms. The molecule has 0 aromatic carbocycles. The number of carbonyl (C=O) groups excluding carboxylic acids is 2. The van der Waals surface area contributed by atoms with Crippen molar-refractivity contribution in [1.82, 2.24) is 10.1 Å². The van der Waals surface area contributed by atoms with Crippen LogP contribution in [0.1, 0.15) is 42.4 Å². The fourth-order valence-corrected chi connectivity index (χ4v) is 1.79. The number of carbonyl (C=O) groups is 2. The molecule has 8 nitrogen and oxygen atoms in total. The highest BCUT2D eigenvalue weighted by molar-refractivity contribution is 5.90. The molecule has 0 bridgehead atoms. The highest BCUT2D eigenvalue weighted by Crippen LogP contribution is 2.05. The molecular weight excluding hydrogens is 338 g/mol. The maximum absolute atomic E-state index is 11.8. The van der Waals surface area contributed by atoms with Gasteiger partial charge in [-0.2, -0.15) is 0 Å². The van der Waals surface area contributed by atoms with E-state index >= 15 is 0 Å². The molecule has 0 aliphatic carbocycles. The minimum absolute atomic E-state index is 0.00473. The summed E-state index contributed by atoms with van der Waals surface area (Å²) in [5.74, 6) is -0.450. The van der Waals surface area contributed by atoms with E-state index < -0.39 is 12.0 Å². The lowest BCUT2D eigenvalue weighted by Crippen LogP contribution is -2.27. The molecule has 0 unspecified atom stereocenters. The minimum Gasteiger partial charge on any atom is -0.441 e. The Hall–Kier alpha value is -2.61. The summed E-state index contributed by atoms with van der Waals surface area (Å²) in [4.78, 5) is 24.1. The Balaban J connectivity index is 2.17. The van der Waals surface area contributed by atoms with E-state index in [4.69, 9.17) is 19.7 Å². The van der Waals surface area contributed by atoms with Crippen LogP contribution < -0.4 is 5.73 Å². The van der Waals surface area contributed by atoms with Crippen LogP contribution in [0.15, 0.2) is 34.9 Å². The number of hydrogen-bond donors (Lipinski definition) is 1. The third kappa shape index (κ3) is 9.03. The van der Waals surface area contributed by atoms with Gasteiger partial charge < -0.3 is 24.6 Å². The predicted octanol–water partition coefficient (Wildman–Crippen LogP) is 2.66. The van der Waals surface area contributed by atoms with Crippen LogP contribution in [0.3, 0.4) is 0 Å². The third-order valence-electron chi connectivity index (χ3n) is 3.29. The predicted molar refractivity (Wildman–Crippen MR) is 96.5 cm³/mol. The molecule has 0 radical (unpaired) electrons. The van der Waals surface area contributed by atoms with Crippen LogP contribution in [-0.4, -0.2) is 48.9 Å². The first kappa shape index (κ1) is 21.4. The summed E-state index contributed by atoms with van der Waals surface area (Å²) in [6, 6.07) is 1.34. The van der Waals surface area contributed by atoms with Crippen molar-refractivity contribution in [2.45, 2.75) is 32.8 Å². The number of nitrogens with zero attached hydrogens (tertiary/aromatic N) is 2. The Labute approximate surface area is 153 Å². The quantitative estimate of drug-likeness (QED) is 0.451. The lowest BCUT2D eigenvalue weighted by molar-refractivity contribution is 0.0967. The molecule has 1 heterocycles. The number of primary amides is 1. The molecule has 0 atom stereocenters. The summed E-state index contributed by atoms with van der Waals surface area (Å²) >= 11 is 0. The average molecular weight is 365 g/mol. The first-order chi connectivity index (χ1) is 12.5. The zero-order valence-electron chi connectivity index (χ0n) is 15.3. The maximum atomic E-state index is 11.8. The van der Waals surface area contributed by atoms with Crippen LogP contribution in [0.25, 0.3) is 0 Å². The average Bonchev–Trinajstić information content (AvgIpc) is 3.10. The number of allylic oxidation sites excluding steroid dienone is 2. The van der Waals surface area contributed by atoms with Crippen molar-refractivity contribution in [2.75, 3.05) is 26.8 Å². The molecule has 0 aliphatic rings. The summed E-state index contributed by atoms with van der Waals surface area (Å²) in [5.41, 5.74) is 5.05. The van der Waals surface area contributed by atoms with Crippen molar-refractivity contribution < 1.29 is 23.6 Å². The molecule has 0 aliphatic heterocycles. The molecular formula is C18H27N3O5. The zero-order chi connectivity index (χ0) is 19.2. The second kappa shape index (κ2) is 12.7. The van der Waals surface area contributed by atoms with E-state index in [0.717, 1.165) is 32.5 Å². The number of ether oxygens (including phenoxy) is 2. The standard InChI is InChI=1S/C18H27N3O5/c1-3-4-11-24-12-9-7-5-6-8-10-21(2)18(23)25-14-15-13-16(17(19)22)20-26-15/h5-8,13H,3-4,9-12,14H2,1-2H3,(H2,19,22)/b7-5+,8-6+. The van der Waals surface area contributed by atoms with E-state index in [0.29, 0.717) is 6.54 Å². The normalized spacial score (nSPS) is 11.3. The van der Waals surface area contributed by atoms with Crippen LogP contribution >= 0.6 is 0 Å². The third-order valence-corrected chi connectivity index (χ3v) is 3.29. The van der Waals surface area contributed by atoms with Crippen LogP contribution in [0.4, 0.5) is 4.79 Å². The second-order valence-corrected chi connectivity index (χ2v) is 5.59. The van der Waals surface area contributed by atoms with Gasteiger partial charge in [-0.1, -0.05) is 42.8 Å². The van der Waals surface area contributed by atoms with E-state index in [1.54, 1.807) is 7.05 Å². The number of likely N-dealkylation sites (N-methyl/N-ethyl adjacent to an activating group) is 1. The fourth-order valence-electron chi connectivity index (χ4n) is 1.79. The van der Waals surface area contributed by atoms with Gasteiger partial charge >= 0.3 is 6.09 Å². The molecule has 1 aromatic rings. The zero-order valence-corrected chi connectivity index (χ0v) is 15.3. The van der Waals surface area contributed by atoms with E-state index in [-0.39, 0.29) is 18.1 Å². The lowest BCUT2D eigenvalue weighted by atomic mass is 10.3. The molecule has 0 fully saturated rings.